The van der Waals surface area contributed by atoms with E-state index in [1.165, 1.54) is 0 Å². The molecule has 2 N–H and O–H groups in total. The summed E-state index contributed by atoms with van der Waals surface area (Å²) in [4.78, 5) is 5.52. The van der Waals surface area contributed by atoms with E-state index < -0.39 is 0 Å². The number of halogens is 1. The molecule has 14 heavy (non-hydrogen) atoms. The molecule has 0 atom stereocenters. The van der Waals surface area contributed by atoms with Gasteiger partial charge in [-0.25, -0.2) is 4.98 Å². The number of aromatic nitrogens is 1. The van der Waals surface area contributed by atoms with E-state index in [2.05, 4.69) is 4.98 Å². The number of nitrogens with two attached hydrogens (primary N) is 1. The molecule has 2 heterocycles. The molecule has 0 aliphatic rings. The van der Waals surface area contributed by atoms with Gasteiger partial charge in [-0.2, -0.15) is 0 Å². The molecule has 2 nitrogen and oxygen atoms in total. The van der Waals surface area contributed by atoms with Crippen LogP contribution in [0, 0.1) is 0 Å². The fourth-order valence-electron chi connectivity index (χ4n) is 1.12. The summed E-state index contributed by atoms with van der Waals surface area (Å²) in [5, 5.41) is 5.79. The summed E-state index contributed by atoms with van der Waals surface area (Å²) in [6.45, 7) is 0.640. The largest absolute Gasteiger partial charge is 0.330 e. The number of rotatable bonds is 3. The molecule has 0 bridgehead atoms. The van der Waals surface area contributed by atoms with Gasteiger partial charge in [0.1, 0.15) is 5.01 Å². The van der Waals surface area contributed by atoms with Gasteiger partial charge in [0.2, 0.25) is 0 Å². The Hall–Kier alpha value is -0.420. The zero-order valence-electron chi connectivity index (χ0n) is 7.37. The number of thiophene rings is 1. The van der Waals surface area contributed by atoms with Gasteiger partial charge >= 0.3 is 0 Å². The van der Waals surface area contributed by atoms with E-state index in [0.29, 0.717) is 6.54 Å². The maximum atomic E-state index is 6.01. The second-order valence-electron chi connectivity index (χ2n) is 2.78. The number of hydrogen-bond acceptors (Lipinski definition) is 4. The van der Waals surface area contributed by atoms with Gasteiger partial charge in [0.15, 0.2) is 0 Å². The van der Waals surface area contributed by atoms with Crippen LogP contribution in [0.1, 0.15) is 5.69 Å². The average Bonchev–Trinajstić information content (AvgIpc) is 2.74. The molecule has 0 aliphatic heterocycles. The van der Waals surface area contributed by atoms with Crippen molar-refractivity contribution in [3.63, 3.8) is 0 Å². The minimum absolute atomic E-state index is 0.640. The summed E-state index contributed by atoms with van der Waals surface area (Å²) in [5.74, 6) is 0. The topological polar surface area (TPSA) is 38.9 Å². The van der Waals surface area contributed by atoms with Crippen molar-refractivity contribution in [3.8, 4) is 9.88 Å². The molecule has 5 heteroatoms. The van der Waals surface area contributed by atoms with Crippen LogP contribution in [-0.4, -0.2) is 11.5 Å². The van der Waals surface area contributed by atoms with Gasteiger partial charge in [-0.15, -0.1) is 22.7 Å². The van der Waals surface area contributed by atoms with Crippen LogP contribution in [0.25, 0.3) is 9.88 Å². The Morgan fingerprint density at radius 2 is 2.29 bits per heavy atom. The normalized spacial score (nSPS) is 10.7. The maximum Gasteiger partial charge on any atom is 0.135 e. The van der Waals surface area contributed by atoms with E-state index in [1.54, 1.807) is 22.7 Å². The highest BCUT2D eigenvalue weighted by molar-refractivity contribution is 7.20. The Morgan fingerprint density at radius 3 is 2.93 bits per heavy atom. The Kier molecular flexibility index (Phi) is 3.18. The van der Waals surface area contributed by atoms with Gasteiger partial charge < -0.3 is 5.73 Å². The number of thiazole rings is 1. The SMILES string of the molecule is NCCc1csc(-c2sccc2Cl)n1. The molecule has 2 aromatic rings. The van der Waals surface area contributed by atoms with Crippen LogP contribution in [0.3, 0.4) is 0 Å². The second kappa shape index (κ2) is 4.40. The van der Waals surface area contributed by atoms with Crippen LogP contribution in [0.4, 0.5) is 0 Å². The van der Waals surface area contributed by atoms with Crippen LogP contribution < -0.4 is 5.73 Å². The predicted octanol–water partition coefficient (Wildman–Crippen LogP) is 3.03. The molecule has 0 saturated heterocycles. The summed E-state index contributed by atoms with van der Waals surface area (Å²) in [7, 11) is 0. The third-order valence-electron chi connectivity index (χ3n) is 1.76. The Balaban J connectivity index is 2.29. The van der Waals surface area contributed by atoms with Crippen molar-refractivity contribution in [2.24, 2.45) is 5.73 Å². The first kappa shape index (κ1) is 10.1. The van der Waals surface area contributed by atoms with Crippen molar-refractivity contribution in [2.45, 2.75) is 6.42 Å². The van der Waals surface area contributed by atoms with Gasteiger partial charge in [0.05, 0.1) is 15.6 Å². The van der Waals surface area contributed by atoms with Gasteiger partial charge in [0.25, 0.3) is 0 Å². The first-order chi connectivity index (χ1) is 6.81. The fraction of sp³-hybridized carbons (Fsp3) is 0.222. The summed E-state index contributed by atoms with van der Waals surface area (Å²) in [5.41, 5.74) is 6.51. The monoisotopic (exact) mass is 244 g/mol. The van der Waals surface area contributed by atoms with E-state index in [9.17, 15) is 0 Å². The standard InChI is InChI=1S/C9H9ClN2S2/c10-7-2-4-13-8(7)9-12-6(1-3-11)5-14-9/h2,4-5H,1,3,11H2. The molecule has 2 rings (SSSR count). The molecule has 0 saturated carbocycles. The quantitative estimate of drug-likeness (QED) is 0.902. The third-order valence-corrected chi connectivity index (χ3v) is 4.15. The van der Waals surface area contributed by atoms with Crippen LogP contribution in [0.2, 0.25) is 5.02 Å². The lowest BCUT2D eigenvalue weighted by Crippen LogP contribution is -2.02. The molecule has 0 aliphatic carbocycles. The molecule has 0 spiro atoms. The van der Waals surface area contributed by atoms with Crippen molar-refractivity contribution < 1.29 is 0 Å². The first-order valence-electron chi connectivity index (χ1n) is 4.19. The first-order valence-corrected chi connectivity index (χ1v) is 6.33. The van der Waals surface area contributed by atoms with E-state index in [0.717, 1.165) is 27.0 Å². The van der Waals surface area contributed by atoms with E-state index in [-0.39, 0.29) is 0 Å². The van der Waals surface area contributed by atoms with E-state index in [1.807, 2.05) is 16.8 Å². The van der Waals surface area contributed by atoms with Crippen LogP contribution in [0.5, 0.6) is 0 Å². The van der Waals surface area contributed by atoms with Gasteiger partial charge in [0, 0.05) is 11.8 Å². The third kappa shape index (κ3) is 1.98. The van der Waals surface area contributed by atoms with Crippen molar-refractivity contribution >= 4 is 34.3 Å². The van der Waals surface area contributed by atoms with E-state index >= 15 is 0 Å². The van der Waals surface area contributed by atoms with Crippen molar-refractivity contribution in [2.75, 3.05) is 6.54 Å². The lowest BCUT2D eigenvalue weighted by Gasteiger charge is -1.91. The Bertz CT molecular complexity index is 422. The molecule has 2 aromatic heterocycles. The zero-order chi connectivity index (χ0) is 9.97. The summed E-state index contributed by atoms with van der Waals surface area (Å²) in [6.07, 6.45) is 0.833. The van der Waals surface area contributed by atoms with Crippen molar-refractivity contribution in [1.82, 2.24) is 4.98 Å². The smallest absolute Gasteiger partial charge is 0.135 e. The minimum atomic E-state index is 0.640. The number of hydrogen-bond donors (Lipinski definition) is 1. The Morgan fingerprint density at radius 1 is 1.43 bits per heavy atom. The lowest BCUT2D eigenvalue weighted by molar-refractivity contribution is 0.937. The fourth-order valence-corrected chi connectivity index (χ4v) is 3.30. The molecular formula is C9H9ClN2S2. The summed E-state index contributed by atoms with van der Waals surface area (Å²) >= 11 is 9.25. The molecule has 0 fully saturated rings. The second-order valence-corrected chi connectivity index (χ2v) is 4.96. The molecule has 0 amide bonds. The molecule has 74 valence electrons. The predicted molar refractivity (Wildman–Crippen MR) is 63.2 cm³/mol. The molecular weight excluding hydrogens is 236 g/mol. The van der Waals surface area contributed by atoms with E-state index in [4.69, 9.17) is 17.3 Å². The highest BCUT2D eigenvalue weighted by atomic mass is 35.5. The van der Waals surface area contributed by atoms with Gasteiger partial charge in [-0.1, -0.05) is 11.6 Å². The summed E-state index contributed by atoms with van der Waals surface area (Å²) < 4.78 is 0. The van der Waals surface area contributed by atoms with Crippen molar-refractivity contribution in [3.05, 3.63) is 27.5 Å². The maximum absolute atomic E-state index is 6.01. The Labute approximate surface area is 95.4 Å². The van der Waals surface area contributed by atoms with Crippen molar-refractivity contribution in [1.29, 1.82) is 0 Å². The highest BCUT2D eigenvalue weighted by Crippen LogP contribution is 2.34. The molecule has 0 radical (unpaired) electrons. The van der Waals surface area contributed by atoms with Gasteiger partial charge in [-0.05, 0) is 18.0 Å². The lowest BCUT2D eigenvalue weighted by atomic mass is 10.3. The molecule has 0 aromatic carbocycles. The number of nitrogens with zero attached hydrogens (tertiary/aromatic N) is 1. The van der Waals surface area contributed by atoms with Gasteiger partial charge in [-0.3, -0.25) is 0 Å². The minimum Gasteiger partial charge on any atom is -0.330 e. The average molecular weight is 245 g/mol. The molecule has 0 unspecified atom stereocenters. The zero-order valence-corrected chi connectivity index (χ0v) is 9.75. The highest BCUT2D eigenvalue weighted by Gasteiger charge is 2.09. The van der Waals surface area contributed by atoms with Crippen LogP contribution in [0.15, 0.2) is 16.8 Å². The summed E-state index contributed by atoms with van der Waals surface area (Å²) in [6, 6.07) is 1.89. The van der Waals surface area contributed by atoms with Crippen LogP contribution >= 0.6 is 34.3 Å². The van der Waals surface area contributed by atoms with Crippen LogP contribution in [-0.2, 0) is 6.42 Å².